The highest BCUT2D eigenvalue weighted by molar-refractivity contribution is 6.11. The fourth-order valence-corrected chi connectivity index (χ4v) is 2.52. The number of nitrogens with one attached hydrogen (secondary N) is 1. The zero-order valence-corrected chi connectivity index (χ0v) is 10.8. The first-order chi connectivity index (χ1) is 9.63. The van der Waals surface area contributed by atoms with Crippen molar-refractivity contribution < 1.29 is 14.7 Å². The molecule has 1 heterocycles. The van der Waals surface area contributed by atoms with E-state index in [4.69, 9.17) is 0 Å². The molecule has 0 radical (unpaired) electrons. The van der Waals surface area contributed by atoms with E-state index in [1.165, 1.54) is 0 Å². The molecule has 2 N–H and O–H groups in total. The van der Waals surface area contributed by atoms with Crippen molar-refractivity contribution in [1.29, 1.82) is 0 Å². The molecule has 1 amide bonds. The minimum absolute atomic E-state index is 0.400. The smallest absolute Gasteiger partial charge is 0.319 e. The zero-order chi connectivity index (χ0) is 14.2. The van der Waals surface area contributed by atoms with E-state index < -0.39 is 17.3 Å². The molecule has 0 spiro atoms. The lowest BCUT2D eigenvalue weighted by molar-refractivity contribution is -0.159. The van der Waals surface area contributed by atoms with E-state index in [9.17, 15) is 14.7 Å². The first-order valence-corrected chi connectivity index (χ1v) is 6.52. The van der Waals surface area contributed by atoms with Crippen LogP contribution in [0.3, 0.4) is 0 Å². The van der Waals surface area contributed by atoms with Gasteiger partial charge in [0.15, 0.2) is 0 Å². The quantitative estimate of drug-likeness (QED) is 0.839. The van der Waals surface area contributed by atoms with Crippen LogP contribution < -0.4 is 5.32 Å². The molecule has 102 valence electrons. The van der Waals surface area contributed by atoms with Crippen molar-refractivity contribution in [2.24, 2.45) is 5.41 Å². The van der Waals surface area contributed by atoms with Gasteiger partial charge in [-0.25, -0.2) is 0 Å². The standard InChI is InChI=1S/C15H14N2O3/c18-13(15(14(19)20)7-3-8-15)17-12-6-1-5-11-10(12)4-2-9-16-11/h1-2,4-6,9H,3,7-8H2,(H,17,18)(H,19,20). The maximum Gasteiger partial charge on any atom is 0.319 e. The van der Waals surface area contributed by atoms with Crippen molar-refractivity contribution in [2.75, 3.05) is 5.32 Å². The summed E-state index contributed by atoms with van der Waals surface area (Å²) in [5, 5.41) is 12.8. The molecule has 5 nitrogen and oxygen atoms in total. The summed E-state index contributed by atoms with van der Waals surface area (Å²) >= 11 is 0. The van der Waals surface area contributed by atoms with Crippen LogP contribution in [0.4, 0.5) is 5.69 Å². The van der Waals surface area contributed by atoms with E-state index >= 15 is 0 Å². The zero-order valence-electron chi connectivity index (χ0n) is 10.8. The van der Waals surface area contributed by atoms with E-state index in [2.05, 4.69) is 10.3 Å². The molecule has 1 aliphatic rings. The minimum Gasteiger partial charge on any atom is -0.480 e. The van der Waals surface area contributed by atoms with Gasteiger partial charge in [0.05, 0.1) is 11.2 Å². The molecule has 1 aliphatic carbocycles. The molecule has 0 bridgehead atoms. The van der Waals surface area contributed by atoms with Crippen LogP contribution in [0.1, 0.15) is 19.3 Å². The number of carbonyl (C=O) groups excluding carboxylic acids is 1. The molecular weight excluding hydrogens is 256 g/mol. The number of carbonyl (C=O) groups is 2. The number of carboxylic acid groups (broad SMARTS) is 1. The predicted molar refractivity (Wildman–Crippen MR) is 74.3 cm³/mol. The average Bonchev–Trinajstić information content (AvgIpc) is 2.37. The fourth-order valence-electron chi connectivity index (χ4n) is 2.52. The van der Waals surface area contributed by atoms with E-state index in [0.717, 1.165) is 17.3 Å². The van der Waals surface area contributed by atoms with Crippen LogP contribution in [0.2, 0.25) is 0 Å². The normalized spacial score (nSPS) is 16.4. The predicted octanol–water partition coefficient (Wildman–Crippen LogP) is 2.43. The van der Waals surface area contributed by atoms with Crippen molar-refractivity contribution in [3.8, 4) is 0 Å². The van der Waals surface area contributed by atoms with Gasteiger partial charge in [0.1, 0.15) is 5.41 Å². The Hall–Kier alpha value is -2.43. The summed E-state index contributed by atoms with van der Waals surface area (Å²) in [5.74, 6) is -1.48. The van der Waals surface area contributed by atoms with Crippen LogP contribution in [-0.4, -0.2) is 22.0 Å². The molecule has 1 aromatic heterocycles. The van der Waals surface area contributed by atoms with E-state index in [0.29, 0.717) is 18.5 Å². The van der Waals surface area contributed by atoms with Crippen LogP contribution in [0, 0.1) is 5.41 Å². The first kappa shape index (κ1) is 12.6. The van der Waals surface area contributed by atoms with Crippen molar-refractivity contribution in [2.45, 2.75) is 19.3 Å². The number of nitrogens with zero attached hydrogens (tertiary/aromatic N) is 1. The number of amides is 1. The first-order valence-electron chi connectivity index (χ1n) is 6.52. The van der Waals surface area contributed by atoms with Gasteiger partial charge in [-0.1, -0.05) is 12.5 Å². The van der Waals surface area contributed by atoms with Gasteiger partial charge in [0.2, 0.25) is 5.91 Å². The fraction of sp³-hybridized carbons (Fsp3) is 0.267. The van der Waals surface area contributed by atoms with E-state index in [1.54, 1.807) is 24.4 Å². The van der Waals surface area contributed by atoms with Crippen LogP contribution in [0.25, 0.3) is 10.9 Å². The summed E-state index contributed by atoms with van der Waals surface area (Å²) in [6.07, 6.45) is 3.25. The van der Waals surface area contributed by atoms with Gasteiger partial charge < -0.3 is 10.4 Å². The minimum atomic E-state index is -1.26. The Labute approximate surface area is 115 Å². The second kappa shape index (κ2) is 4.59. The van der Waals surface area contributed by atoms with Crippen LogP contribution >= 0.6 is 0 Å². The second-order valence-corrected chi connectivity index (χ2v) is 5.07. The summed E-state index contributed by atoms with van der Waals surface area (Å²) in [4.78, 5) is 27.8. The lowest BCUT2D eigenvalue weighted by Gasteiger charge is -2.35. The number of hydrogen-bond acceptors (Lipinski definition) is 3. The molecule has 5 heteroatoms. The Morgan fingerprint density at radius 2 is 2.00 bits per heavy atom. The van der Waals surface area contributed by atoms with E-state index in [-0.39, 0.29) is 0 Å². The Balaban J connectivity index is 1.94. The monoisotopic (exact) mass is 270 g/mol. The third-order valence-corrected chi connectivity index (χ3v) is 3.95. The van der Waals surface area contributed by atoms with Crippen molar-refractivity contribution in [1.82, 2.24) is 4.98 Å². The number of anilines is 1. The molecule has 3 rings (SSSR count). The summed E-state index contributed by atoms with van der Waals surface area (Å²) in [6, 6.07) is 9.04. The molecule has 0 unspecified atom stereocenters. The molecule has 1 saturated carbocycles. The largest absolute Gasteiger partial charge is 0.480 e. The number of fused-ring (bicyclic) bond motifs is 1. The lowest BCUT2D eigenvalue weighted by Crippen LogP contribution is -2.48. The highest BCUT2D eigenvalue weighted by Gasteiger charge is 2.51. The number of hydrogen-bond donors (Lipinski definition) is 2. The molecule has 1 aromatic carbocycles. The molecular formula is C15H14N2O3. The highest BCUT2D eigenvalue weighted by Crippen LogP contribution is 2.42. The maximum atomic E-state index is 12.3. The van der Waals surface area contributed by atoms with Gasteiger partial charge in [-0.2, -0.15) is 0 Å². The van der Waals surface area contributed by atoms with Crippen LogP contribution in [0.15, 0.2) is 36.5 Å². The van der Waals surface area contributed by atoms with Crippen LogP contribution in [-0.2, 0) is 9.59 Å². The van der Waals surface area contributed by atoms with Gasteiger partial charge in [-0.15, -0.1) is 0 Å². The number of benzene rings is 1. The molecule has 0 saturated heterocycles. The molecule has 2 aromatic rings. The summed E-state index contributed by atoms with van der Waals surface area (Å²) in [7, 11) is 0. The Morgan fingerprint density at radius 1 is 1.20 bits per heavy atom. The summed E-state index contributed by atoms with van der Waals surface area (Å²) < 4.78 is 0. The number of rotatable bonds is 3. The Bertz CT molecular complexity index is 687. The van der Waals surface area contributed by atoms with Crippen LogP contribution in [0.5, 0.6) is 0 Å². The van der Waals surface area contributed by atoms with Gasteiger partial charge in [-0.05, 0) is 37.1 Å². The Morgan fingerprint density at radius 3 is 2.65 bits per heavy atom. The topological polar surface area (TPSA) is 79.3 Å². The Kier molecular flexibility index (Phi) is 2.89. The second-order valence-electron chi connectivity index (χ2n) is 5.07. The number of aromatic nitrogens is 1. The molecule has 1 fully saturated rings. The van der Waals surface area contributed by atoms with Crippen molar-refractivity contribution in [3.05, 3.63) is 36.5 Å². The summed E-state index contributed by atoms with van der Waals surface area (Å²) in [6.45, 7) is 0. The van der Waals surface area contributed by atoms with E-state index in [1.807, 2.05) is 12.1 Å². The van der Waals surface area contributed by atoms with Gasteiger partial charge in [-0.3, -0.25) is 14.6 Å². The number of aliphatic carboxylic acids is 1. The number of pyridine rings is 1. The third-order valence-electron chi connectivity index (χ3n) is 3.95. The van der Waals surface area contributed by atoms with Gasteiger partial charge in [0.25, 0.3) is 0 Å². The van der Waals surface area contributed by atoms with Crippen molar-refractivity contribution in [3.63, 3.8) is 0 Å². The highest BCUT2D eigenvalue weighted by atomic mass is 16.4. The lowest BCUT2D eigenvalue weighted by atomic mass is 9.68. The third kappa shape index (κ3) is 1.82. The van der Waals surface area contributed by atoms with Gasteiger partial charge >= 0.3 is 5.97 Å². The molecule has 0 atom stereocenters. The summed E-state index contributed by atoms with van der Waals surface area (Å²) in [5.41, 5.74) is 0.112. The maximum absolute atomic E-state index is 12.3. The van der Waals surface area contributed by atoms with Crippen molar-refractivity contribution >= 4 is 28.5 Å². The molecule has 0 aliphatic heterocycles. The SMILES string of the molecule is O=C(O)C1(C(=O)Nc2cccc3ncccc23)CCC1. The molecule has 20 heavy (non-hydrogen) atoms. The average molecular weight is 270 g/mol. The van der Waals surface area contributed by atoms with Gasteiger partial charge in [0, 0.05) is 11.6 Å². The number of carboxylic acids is 1.